The minimum atomic E-state index is -3.81. The molecule has 0 aliphatic rings. The van der Waals surface area contributed by atoms with E-state index >= 15 is 0 Å². The van der Waals surface area contributed by atoms with Crippen LogP contribution in [-0.2, 0) is 19.6 Å². The summed E-state index contributed by atoms with van der Waals surface area (Å²) in [7, 11) is -3.81. The zero-order valence-corrected chi connectivity index (χ0v) is 12.4. The highest BCUT2D eigenvalue weighted by atomic mass is 79.9. The molecule has 0 aliphatic heterocycles. The Balaban J connectivity index is 2.70. The van der Waals surface area contributed by atoms with Crippen molar-refractivity contribution in [2.24, 2.45) is 0 Å². The highest BCUT2D eigenvalue weighted by Crippen LogP contribution is 2.20. The number of sulfonamides is 1. The van der Waals surface area contributed by atoms with Gasteiger partial charge in [0.2, 0.25) is 10.0 Å². The molecule has 1 N–H and O–H groups in total. The zero-order chi connectivity index (χ0) is 14.5. The maximum atomic E-state index is 11.9. The molecule has 0 aliphatic carbocycles. The molecule has 0 aromatic heterocycles. The van der Waals surface area contributed by atoms with Gasteiger partial charge in [0.05, 0.1) is 4.90 Å². The third-order valence-corrected chi connectivity index (χ3v) is 4.44. The van der Waals surface area contributed by atoms with Gasteiger partial charge in [-0.2, -0.15) is 9.98 Å². The van der Waals surface area contributed by atoms with E-state index in [1.165, 1.54) is 13.0 Å². The average molecular weight is 347 g/mol. The maximum Gasteiger partial charge on any atom is 0.322 e. The van der Waals surface area contributed by atoms with Gasteiger partial charge >= 0.3 is 5.97 Å². The van der Waals surface area contributed by atoms with Gasteiger partial charge in [0.15, 0.2) is 6.10 Å². The van der Waals surface area contributed by atoms with Crippen LogP contribution in [0.2, 0.25) is 0 Å². The minimum absolute atomic E-state index is 0.0242. The topological polar surface area (TPSA) is 96.3 Å². The van der Waals surface area contributed by atoms with Gasteiger partial charge in [-0.15, -0.1) is 0 Å². The third kappa shape index (κ3) is 4.63. The monoisotopic (exact) mass is 346 g/mol. The SMILES string of the molecule is C[C@@H](C#N)OC(=O)CNS(=O)(=O)c1ccccc1Br. The number of nitrogens with zero attached hydrogens (tertiary/aromatic N) is 1. The smallest absolute Gasteiger partial charge is 0.322 e. The number of nitriles is 1. The summed E-state index contributed by atoms with van der Waals surface area (Å²) >= 11 is 3.11. The Hall–Kier alpha value is -1.43. The highest BCUT2D eigenvalue weighted by molar-refractivity contribution is 9.10. The number of ether oxygens (including phenoxy) is 1. The van der Waals surface area contributed by atoms with Crippen LogP contribution in [0.25, 0.3) is 0 Å². The summed E-state index contributed by atoms with van der Waals surface area (Å²) < 4.78 is 30.9. The van der Waals surface area contributed by atoms with Crippen molar-refractivity contribution < 1.29 is 17.9 Å². The predicted molar refractivity (Wildman–Crippen MR) is 70.5 cm³/mol. The fourth-order valence-electron chi connectivity index (χ4n) is 1.16. The van der Waals surface area contributed by atoms with Gasteiger partial charge in [-0.1, -0.05) is 12.1 Å². The van der Waals surface area contributed by atoms with Gasteiger partial charge in [-0.3, -0.25) is 4.79 Å². The van der Waals surface area contributed by atoms with Crippen LogP contribution in [0.1, 0.15) is 6.92 Å². The second-order valence-electron chi connectivity index (χ2n) is 3.52. The standard InChI is InChI=1S/C11H11BrN2O4S/c1-8(6-13)18-11(15)7-14-19(16,17)10-5-3-2-4-9(10)12/h2-5,8,14H,7H2,1H3/t8-/m0/s1. The Morgan fingerprint density at radius 3 is 2.74 bits per heavy atom. The Morgan fingerprint density at radius 1 is 1.53 bits per heavy atom. The molecule has 0 spiro atoms. The van der Waals surface area contributed by atoms with E-state index in [-0.39, 0.29) is 4.90 Å². The Bertz CT molecular complexity index is 609. The molecule has 1 rings (SSSR count). The molecule has 0 fully saturated rings. The molecule has 0 unspecified atom stereocenters. The van der Waals surface area contributed by atoms with Crippen molar-refractivity contribution in [3.05, 3.63) is 28.7 Å². The molecule has 0 saturated heterocycles. The second kappa shape index (κ2) is 6.65. The van der Waals surface area contributed by atoms with Gasteiger partial charge in [-0.05, 0) is 35.0 Å². The van der Waals surface area contributed by atoms with Crippen LogP contribution >= 0.6 is 15.9 Å². The molecule has 102 valence electrons. The van der Waals surface area contributed by atoms with Crippen molar-refractivity contribution in [3.8, 4) is 6.07 Å². The first-order chi connectivity index (χ1) is 8.86. The zero-order valence-electron chi connectivity index (χ0n) is 9.96. The summed E-state index contributed by atoms with van der Waals surface area (Å²) in [6.45, 7) is 0.857. The number of hydrogen-bond acceptors (Lipinski definition) is 5. The van der Waals surface area contributed by atoms with E-state index in [1.807, 2.05) is 0 Å². The van der Waals surface area contributed by atoms with Crippen LogP contribution in [0, 0.1) is 11.3 Å². The lowest BCUT2D eigenvalue weighted by atomic mass is 10.4. The molecule has 0 bridgehead atoms. The van der Waals surface area contributed by atoms with E-state index < -0.39 is 28.6 Å². The van der Waals surface area contributed by atoms with E-state index in [1.54, 1.807) is 24.3 Å². The molecule has 8 heteroatoms. The van der Waals surface area contributed by atoms with Crippen LogP contribution in [0.5, 0.6) is 0 Å². The van der Waals surface area contributed by atoms with Gasteiger partial charge in [0.25, 0.3) is 0 Å². The van der Waals surface area contributed by atoms with Gasteiger partial charge in [0, 0.05) is 4.47 Å². The number of benzene rings is 1. The normalized spacial score (nSPS) is 12.5. The number of hydrogen-bond donors (Lipinski definition) is 1. The second-order valence-corrected chi connectivity index (χ2v) is 6.11. The van der Waals surface area contributed by atoms with Gasteiger partial charge in [0.1, 0.15) is 12.6 Å². The van der Waals surface area contributed by atoms with Crippen molar-refractivity contribution in [2.75, 3.05) is 6.54 Å². The lowest BCUT2D eigenvalue weighted by molar-refractivity contribution is -0.144. The number of rotatable bonds is 5. The lowest BCUT2D eigenvalue weighted by Crippen LogP contribution is -2.32. The average Bonchev–Trinajstić information content (AvgIpc) is 2.36. The molecule has 19 heavy (non-hydrogen) atoms. The Morgan fingerprint density at radius 2 is 2.16 bits per heavy atom. The van der Waals surface area contributed by atoms with Crippen LogP contribution in [0.3, 0.4) is 0 Å². The van der Waals surface area contributed by atoms with Crippen molar-refractivity contribution in [1.29, 1.82) is 5.26 Å². The van der Waals surface area contributed by atoms with E-state index in [2.05, 4.69) is 25.4 Å². The van der Waals surface area contributed by atoms with Crippen LogP contribution < -0.4 is 4.72 Å². The Labute approximate surface area is 119 Å². The van der Waals surface area contributed by atoms with Crippen molar-refractivity contribution in [3.63, 3.8) is 0 Å². The first-order valence-electron chi connectivity index (χ1n) is 5.20. The van der Waals surface area contributed by atoms with Crippen LogP contribution in [0.4, 0.5) is 0 Å². The fourth-order valence-corrected chi connectivity index (χ4v) is 3.13. The van der Waals surface area contributed by atoms with E-state index in [4.69, 9.17) is 5.26 Å². The summed E-state index contributed by atoms with van der Waals surface area (Å²) in [5.74, 6) is -0.815. The first-order valence-corrected chi connectivity index (χ1v) is 7.47. The predicted octanol–water partition coefficient (Wildman–Crippen LogP) is 1.18. The summed E-state index contributed by atoms with van der Waals surface area (Å²) in [5.41, 5.74) is 0. The first kappa shape index (κ1) is 15.6. The number of carbonyl (C=O) groups excluding carboxylic acids is 1. The van der Waals surface area contributed by atoms with Gasteiger partial charge in [-0.25, -0.2) is 8.42 Å². The number of esters is 1. The fraction of sp³-hybridized carbons (Fsp3) is 0.273. The quantitative estimate of drug-likeness (QED) is 0.807. The molecule has 1 aromatic rings. The summed E-state index contributed by atoms with van der Waals surface area (Å²) in [6, 6.07) is 7.92. The number of nitrogens with one attached hydrogen (secondary N) is 1. The summed E-state index contributed by atoms with van der Waals surface area (Å²) in [5, 5.41) is 8.45. The minimum Gasteiger partial charge on any atom is -0.446 e. The van der Waals surface area contributed by atoms with Crippen molar-refractivity contribution in [2.45, 2.75) is 17.9 Å². The molecule has 0 heterocycles. The van der Waals surface area contributed by atoms with E-state index in [0.29, 0.717) is 4.47 Å². The highest BCUT2D eigenvalue weighted by Gasteiger charge is 2.19. The molecular weight excluding hydrogens is 336 g/mol. The van der Waals surface area contributed by atoms with E-state index in [0.717, 1.165) is 0 Å². The summed E-state index contributed by atoms with van der Waals surface area (Å²) in [6.07, 6.45) is -0.916. The Kier molecular flexibility index (Phi) is 5.47. The van der Waals surface area contributed by atoms with Crippen LogP contribution in [-0.4, -0.2) is 27.0 Å². The molecule has 6 nitrogen and oxygen atoms in total. The molecule has 0 amide bonds. The van der Waals surface area contributed by atoms with Crippen LogP contribution in [0.15, 0.2) is 33.6 Å². The molecular formula is C11H11BrN2O4S. The number of carbonyl (C=O) groups is 1. The lowest BCUT2D eigenvalue weighted by Gasteiger charge is -2.09. The van der Waals surface area contributed by atoms with Gasteiger partial charge < -0.3 is 4.74 Å². The number of halogens is 1. The largest absolute Gasteiger partial charge is 0.446 e. The third-order valence-electron chi connectivity index (χ3n) is 2.02. The summed E-state index contributed by atoms with van der Waals surface area (Å²) in [4.78, 5) is 11.3. The molecule has 1 atom stereocenters. The molecule has 0 radical (unpaired) electrons. The van der Waals surface area contributed by atoms with Crippen molar-refractivity contribution in [1.82, 2.24) is 4.72 Å². The molecule has 0 saturated carbocycles. The van der Waals surface area contributed by atoms with Crippen molar-refractivity contribution >= 4 is 31.9 Å². The molecule has 1 aromatic carbocycles. The van der Waals surface area contributed by atoms with E-state index in [9.17, 15) is 13.2 Å². The maximum absolute atomic E-state index is 11.9.